The number of hydrogen-bond donors (Lipinski definition) is 1. The van der Waals surface area contributed by atoms with E-state index >= 15 is 0 Å². The predicted octanol–water partition coefficient (Wildman–Crippen LogP) is 5.80. The second-order valence-corrected chi connectivity index (χ2v) is 8.70. The Morgan fingerprint density at radius 3 is 1.77 bits per heavy atom. The van der Waals surface area contributed by atoms with E-state index in [2.05, 4.69) is 34.5 Å². The summed E-state index contributed by atoms with van der Waals surface area (Å²) >= 11 is 0. The summed E-state index contributed by atoms with van der Waals surface area (Å²) in [7, 11) is 0. The number of amides is 1. The first kappa shape index (κ1) is 24.1. The molecule has 4 aromatic carbocycles. The summed E-state index contributed by atoms with van der Waals surface area (Å²) in [6.45, 7) is 3.76. The first-order valence-corrected chi connectivity index (χ1v) is 11.9. The lowest BCUT2D eigenvalue weighted by atomic mass is 9.95. The molecule has 1 amide bonds. The molecule has 0 heterocycles. The van der Waals surface area contributed by atoms with Crippen molar-refractivity contribution in [1.29, 1.82) is 0 Å². The van der Waals surface area contributed by atoms with Gasteiger partial charge in [-0.1, -0.05) is 109 Å². The van der Waals surface area contributed by atoms with E-state index in [0.29, 0.717) is 17.8 Å². The van der Waals surface area contributed by atoms with Crippen LogP contribution in [0.1, 0.15) is 45.5 Å². The lowest BCUT2D eigenvalue weighted by molar-refractivity contribution is -0.123. The SMILES string of the molecule is CC(C(=O)NCN(Cc1ccccc1)Cc1ccccc1)c1cccc(C(=O)c2ccccc2)c1. The van der Waals surface area contributed by atoms with Crippen molar-refractivity contribution in [1.82, 2.24) is 10.2 Å². The van der Waals surface area contributed by atoms with Crippen molar-refractivity contribution in [3.8, 4) is 0 Å². The Kier molecular flexibility index (Phi) is 8.21. The van der Waals surface area contributed by atoms with Crippen LogP contribution in [0.4, 0.5) is 0 Å². The molecule has 4 heteroatoms. The molecule has 4 nitrogen and oxygen atoms in total. The highest BCUT2D eigenvalue weighted by Gasteiger charge is 2.18. The molecule has 0 bridgehead atoms. The molecule has 0 aliphatic carbocycles. The number of nitrogens with one attached hydrogen (secondary N) is 1. The van der Waals surface area contributed by atoms with E-state index in [9.17, 15) is 9.59 Å². The van der Waals surface area contributed by atoms with Gasteiger partial charge in [-0.25, -0.2) is 0 Å². The molecule has 0 spiro atoms. The Balaban J connectivity index is 1.43. The maximum absolute atomic E-state index is 13.1. The normalized spacial score (nSPS) is 11.7. The van der Waals surface area contributed by atoms with Gasteiger partial charge < -0.3 is 5.32 Å². The van der Waals surface area contributed by atoms with E-state index in [-0.39, 0.29) is 17.6 Å². The Hall–Kier alpha value is -4.02. The summed E-state index contributed by atoms with van der Waals surface area (Å²) in [4.78, 5) is 28.1. The van der Waals surface area contributed by atoms with Crippen molar-refractivity contribution in [2.24, 2.45) is 0 Å². The Labute approximate surface area is 207 Å². The van der Waals surface area contributed by atoms with Crippen LogP contribution in [0.25, 0.3) is 0 Å². The smallest absolute Gasteiger partial charge is 0.228 e. The maximum Gasteiger partial charge on any atom is 0.228 e. The average Bonchev–Trinajstić information content (AvgIpc) is 2.92. The summed E-state index contributed by atoms with van der Waals surface area (Å²) in [6.07, 6.45) is 0. The molecule has 0 saturated carbocycles. The second kappa shape index (κ2) is 11.9. The molecule has 4 rings (SSSR count). The van der Waals surface area contributed by atoms with Gasteiger partial charge in [-0.15, -0.1) is 0 Å². The molecule has 0 saturated heterocycles. The molecule has 0 aliphatic heterocycles. The molecule has 1 atom stereocenters. The van der Waals surface area contributed by atoms with Crippen LogP contribution in [0, 0.1) is 0 Å². The molecule has 176 valence electrons. The molecule has 0 fully saturated rings. The second-order valence-electron chi connectivity index (χ2n) is 8.70. The monoisotopic (exact) mass is 462 g/mol. The van der Waals surface area contributed by atoms with Crippen molar-refractivity contribution in [3.05, 3.63) is 143 Å². The van der Waals surface area contributed by atoms with E-state index < -0.39 is 0 Å². The van der Waals surface area contributed by atoms with E-state index in [1.165, 1.54) is 11.1 Å². The van der Waals surface area contributed by atoms with E-state index in [4.69, 9.17) is 0 Å². The third-order valence-corrected chi connectivity index (χ3v) is 6.05. The van der Waals surface area contributed by atoms with Gasteiger partial charge in [0.2, 0.25) is 5.91 Å². The van der Waals surface area contributed by atoms with Crippen molar-refractivity contribution in [3.63, 3.8) is 0 Å². The van der Waals surface area contributed by atoms with Gasteiger partial charge >= 0.3 is 0 Å². The van der Waals surface area contributed by atoms with Crippen LogP contribution in [0.3, 0.4) is 0 Å². The van der Waals surface area contributed by atoms with Crippen LogP contribution >= 0.6 is 0 Å². The topological polar surface area (TPSA) is 49.4 Å². The Bertz CT molecular complexity index is 1200. The first-order chi connectivity index (χ1) is 17.1. The van der Waals surface area contributed by atoms with Gasteiger partial charge in [-0.3, -0.25) is 14.5 Å². The van der Waals surface area contributed by atoms with Crippen LogP contribution in [-0.2, 0) is 17.9 Å². The van der Waals surface area contributed by atoms with Crippen molar-refractivity contribution in [2.45, 2.75) is 25.9 Å². The van der Waals surface area contributed by atoms with Crippen molar-refractivity contribution in [2.75, 3.05) is 6.67 Å². The molecule has 0 aromatic heterocycles. The summed E-state index contributed by atoms with van der Waals surface area (Å²) in [5.74, 6) is -0.494. The van der Waals surface area contributed by atoms with Gasteiger partial charge in [-0.2, -0.15) is 0 Å². The number of nitrogens with zero attached hydrogens (tertiary/aromatic N) is 1. The molecular formula is C31H30N2O2. The van der Waals surface area contributed by atoms with E-state index in [1.807, 2.05) is 79.7 Å². The zero-order valence-electron chi connectivity index (χ0n) is 19.9. The van der Waals surface area contributed by atoms with Gasteiger partial charge in [0.25, 0.3) is 0 Å². The largest absolute Gasteiger partial charge is 0.343 e. The van der Waals surface area contributed by atoms with Crippen LogP contribution < -0.4 is 5.32 Å². The number of carbonyl (C=O) groups excluding carboxylic acids is 2. The molecular weight excluding hydrogens is 432 g/mol. The zero-order chi connectivity index (χ0) is 24.5. The van der Waals surface area contributed by atoms with Crippen LogP contribution in [0.5, 0.6) is 0 Å². The number of benzene rings is 4. The van der Waals surface area contributed by atoms with Gasteiger partial charge in [-0.05, 0) is 29.7 Å². The minimum absolute atomic E-state index is 0.0445. The maximum atomic E-state index is 13.1. The molecule has 1 N–H and O–H groups in total. The summed E-state index contributed by atoms with van der Waals surface area (Å²) in [5.41, 5.74) is 4.43. The van der Waals surface area contributed by atoms with Crippen molar-refractivity contribution < 1.29 is 9.59 Å². The predicted molar refractivity (Wildman–Crippen MR) is 140 cm³/mol. The minimum atomic E-state index is -0.381. The standard InChI is InChI=1S/C31H30N2O2/c1-24(28-18-11-19-29(20-28)30(34)27-16-9-4-10-17-27)31(35)32-23-33(21-25-12-5-2-6-13-25)22-26-14-7-3-8-15-26/h2-20,24H,21-23H2,1H3,(H,32,35). The fraction of sp³-hybridized carbons (Fsp3) is 0.161. The van der Waals surface area contributed by atoms with Crippen molar-refractivity contribution >= 4 is 11.7 Å². The third kappa shape index (κ3) is 6.75. The van der Waals surface area contributed by atoms with Crippen LogP contribution in [-0.4, -0.2) is 23.3 Å². The molecule has 4 aromatic rings. The highest BCUT2D eigenvalue weighted by atomic mass is 16.2. The third-order valence-electron chi connectivity index (χ3n) is 6.05. The van der Waals surface area contributed by atoms with Gasteiger partial charge in [0.1, 0.15) is 0 Å². The molecule has 35 heavy (non-hydrogen) atoms. The Morgan fingerprint density at radius 1 is 0.686 bits per heavy atom. The summed E-state index contributed by atoms with van der Waals surface area (Å²) in [6, 6.07) is 37.1. The van der Waals surface area contributed by atoms with Crippen LogP contribution in [0.15, 0.2) is 115 Å². The quantitative estimate of drug-likeness (QED) is 0.239. The van der Waals surface area contributed by atoms with Gasteiger partial charge in [0.15, 0.2) is 5.78 Å². The molecule has 0 radical (unpaired) electrons. The number of rotatable bonds is 10. The van der Waals surface area contributed by atoms with Gasteiger partial charge in [0.05, 0.1) is 12.6 Å². The summed E-state index contributed by atoms with van der Waals surface area (Å²) in [5, 5.41) is 3.10. The van der Waals surface area contributed by atoms with E-state index in [1.54, 1.807) is 18.2 Å². The first-order valence-electron chi connectivity index (χ1n) is 11.9. The van der Waals surface area contributed by atoms with Crippen LogP contribution in [0.2, 0.25) is 0 Å². The molecule has 1 unspecified atom stereocenters. The average molecular weight is 463 g/mol. The fourth-order valence-corrected chi connectivity index (χ4v) is 4.05. The Morgan fingerprint density at radius 2 is 1.20 bits per heavy atom. The number of hydrogen-bond acceptors (Lipinski definition) is 3. The number of ketones is 1. The zero-order valence-corrected chi connectivity index (χ0v) is 19.9. The lowest BCUT2D eigenvalue weighted by Gasteiger charge is -2.24. The number of carbonyl (C=O) groups is 2. The molecule has 0 aliphatic rings. The fourth-order valence-electron chi connectivity index (χ4n) is 4.05. The lowest BCUT2D eigenvalue weighted by Crippen LogP contribution is -2.38. The summed E-state index contributed by atoms with van der Waals surface area (Å²) < 4.78 is 0. The highest BCUT2D eigenvalue weighted by molar-refractivity contribution is 6.09. The van der Waals surface area contributed by atoms with Gasteiger partial charge in [0, 0.05) is 24.2 Å². The minimum Gasteiger partial charge on any atom is -0.343 e. The van der Waals surface area contributed by atoms with E-state index in [0.717, 1.165) is 18.7 Å². The highest BCUT2D eigenvalue weighted by Crippen LogP contribution is 2.19.